The number of aromatic nitrogens is 2. The first-order valence-corrected chi connectivity index (χ1v) is 7.06. The second kappa shape index (κ2) is 5.46. The molecule has 0 bridgehead atoms. The van der Waals surface area contributed by atoms with Gasteiger partial charge in [0.05, 0.1) is 12.1 Å². The van der Waals surface area contributed by atoms with Gasteiger partial charge in [-0.1, -0.05) is 23.2 Å². The van der Waals surface area contributed by atoms with Gasteiger partial charge in [-0.05, 0) is 31.0 Å². The summed E-state index contributed by atoms with van der Waals surface area (Å²) in [5, 5.41) is 4.17. The molecule has 1 aromatic carbocycles. The Morgan fingerprint density at radius 1 is 1.20 bits per heavy atom. The lowest BCUT2D eigenvalue weighted by Gasteiger charge is -2.09. The number of rotatable bonds is 4. The Hall–Kier alpha value is -1.52. The van der Waals surface area contributed by atoms with Crippen molar-refractivity contribution in [2.45, 2.75) is 18.8 Å². The molecule has 0 saturated heterocycles. The highest BCUT2D eigenvalue weighted by Crippen LogP contribution is 2.39. The number of hydrogen-bond acceptors (Lipinski definition) is 4. The lowest BCUT2D eigenvalue weighted by Crippen LogP contribution is -1.99. The van der Waals surface area contributed by atoms with E-state index in [1.165, 1.54) is 0 Å². The highest BCUT2D eigenvalue weighted by molar-refractivity contribution is 6.32. The van der Waals surface area contributed by atoms with Crippen molar-refractivity contribution in [1.82, 2.24) is 9.97 Å². The second-order valence-corrected chi connectivity index (χ2v) is 5.48. The predicted octanol–water partition coefficient (Wildman–Crippen LogP) is 4.41. The lowest BCUT2D eigenvalue weighted by molar-refractivity contribution is 0.415. The number of nitrogens with one attached hydrogen (secondary N) is 1. The van der Waals surface area contributed by atoms with Gasteiger partial charge < -0.3 is 10.1 Å². The van der Waals surface area contributed by atoms with E-state index >= 15 is 0 Å². The molecule has 0 spiro atoms. The molecule has 1 heterocycles. The van der Waals surface area contributed by atoms with Gasteiger partial charge >= 0.3 is 0 Å². The third-order valence-electron chi connectivity index (χ3n) is 3.08. The van der Waals surface area contributed by atoms with Gasteiger partial charge in [0, 0.05) is 17.7 Å². The molecule has 0 radical (unpaired) electrons. The van der Waals surface area contributed by atoms with E-state index in [1.807, 2.05) is 6.07 Å². The summed E-state index contributed by atoms with van der Waals surface area (Å²) < 4.78 is 5.12. The average Bonchev–Trinajstić information content (AvgIpc) is 3.22. The first-order valence-electron chi connectivity index (χ1n) is 6.31. The van der Waals surface area contributed by atoms with Crippen molar-refractivity contribution in [3.05, 3.63) is 40.3 Å². The number of methoxy groups -OCH3 is 1. The van der Waals surface area contributed by atoms with Crippen LogP contribution in [0.5, 0.6) is 5.75 Å². The van der Waals surface area contributed by atoms with Crippen LogP contribution in [0.2, 0.25) is 10.2 Å². The maximum absolute atomic E-state index is 6.09. The zero-order valence-electron chi connectivity index (χ0n) is 10.9. The SMILES string of the molecule is COc1ccc(Nc2cc(Cl)nc(C3CC3)n2)cc1Cl. The van der Waals surface area contributed by atoms with Gasteiger partial charge in [-0.25, -0.2) is 9.97 Å². The van der Waals surface area contributed by atoms with E-state index in [0.29, 0.717) is 27.7 Å². The van der Waals surface area contributed by atoms with Crippen molar-refractivity contribution < 1.29 is 4.74 Å². The Bertz CT molecular complexity index is 644. The number of benzene rings is 1. The van der Waals surface area contributed by atoms with Crippen LogP contribution < -0.4 is 10.1 Å². The van der Waals surface area contributed by atoms with Crippen LogP contribution in [0.3, 0.4) is 0 Å². The van der Waals surface area contributed by atoms with E-state index in [4.69, 9.17) is 27.9 Å². The van der Waals surface area contributed by atoms with Gasteiger partial charge in [0.1, 0.15) is 22.5 Å². The van der Waals surface area contributed by atoms with Crippen molar-refractivity contribution >= 4 is 34.7 Å². The molecule has 0 atom stereocenters. The minimum absolute atomic E-state index is 0.448. The summed E-state index contributed by atoms with van der Waals surface area (Å²) in [5.74, 6) is 2.57. The van der Waals surface area contributed by atoms with Gasteiger partial charge in [0.2, 0.25) is 0 Å². The number of nitrogens with zero attached hydrogens (tertiary/aromatic N) is 2. The van der Waals surface area contributed by atoms with E-state index in [1.54, 1.807) is 25.3 Å². The second-order valence-electron chi connectivity index (χ2n) is 4.68. The van der Waals surface area contributed by atoms with Gasteiger partial charge in [-0.3, -0.25) is 0 Å². The summed E-state index contributed by atoms with van der Waals surface area (Å²) >= 11 is 12.1. The maximum atomic E-state index is 6.09. The molecule has 1 saturated carbocycles. The van der Waals surface area contributed by atoms with Crippen molar-refractivity contribution in [1.29, 1.82) is 0 Å². The normalized spacial score (nSPS) is 14.2. The molecule has 1 aliphatic rings. The molecular formula is C14H13Cl2N3O. The van der Waals surface area contributed by atoms with E-state index in [-0.39, 0.29) is 0 Å². The largest absolute Gasteiger partial charge is 0.495 e. The van der Waals surface area contributed by atoms with Crippen molar-refractivity contribution in [2.24, 2.45) is 0 Å². The van der Waals surface area contributed by atoms with Crippen LogP contribution in [0.1, 0.15) is 24.6 Å². The van der Waals surface area contributed by atoms with Crippen LogP contribution in [0.4, 0.5) is 11.5 Å². The first-order chi connectivity index (χ1) is 9.65. The minimum atomic E-state index is 0.448. The monoisotopic (exact) mass is 309 g/mol. The molecular weight excluding hydrogens is 297 g/mol. The number of ether oxygens (including phenoxy) is 1. The smallest absolute Gasteiger partial charge is 0.137 e. The molecule has 1 fully saturated rings. The zero-order chi connectivity index (χ0) is 14.1. The third kappa shape index (κ3) is 2.97. The van der Waals surface area contributed by atoms with Gasteiger partial charge in [-0.15, -0.1) is 0 Å². The zero-order valence-corrected chi connectivity index (χ0v) is 12.4. The quantitative estimate of drug-likeness (QED) is 0.850. The van der Waals surface area contributed by atoms with Crippen LogP contribution in [0, 0.1) is 0 Å². The highest BCUT2D eigenvalue weighted by Gasteiger charge is 2.27. The Morgan fingerprint density at radius 3 is 2.65 bits per heavy atom. The van der Waals surface area contributed by atoms with Gasteiger partial charge in [0.15, 0.2) is 0 Å². The molecule has 1 aliphatic carbocycles. The Kier molecular flexibility index (Phi) is 3.68. The van der Waals surface area contributed by atoms with Crippen molar-refractivity contribution in [2.75, 3.05) is 12.4 Å². The van der Waals surface area contributed by atoms with Crippen molar-refractivity contribution in [3.8, 4) is 5.75 Å². The Morgan fingerprint density at radius 2 is 2.00 bits per heavy atom. The van der Waals surface area contributed by atoms with Crippen LogP contribution in [-0.2, 0) is 0 Å². The molecule has 3 rings (SSSR count). The summed E-state index contributed by atoms with van der Waals surface area (Å²) in [5.41, 5.74) is 0.826. The van der Waals surface area contributed by atoms with Crippen molar-refractivity contribution in [3.63, 3.8) is 0 Å². The van der Waals surface area contributed by atoms with Crippen LogP contribution in [-0.4, -0.2) is 17.1 Å². The summed E-state index contributed by atoms with van der Waals surface area (Å²) in [7, 11) is 1.58. The number of halogens is 2. The summed E-state index contributed by atoms with van der Waals surface area (Å²) in [6.45, 7) is 0. The molecule has 1 N–H and O–H groups in total. The fourth-order valence-electron chi connectivity index (χ4n) is 1.92. The molecule has 4 nitrogen and oxygen atoms in total. The van der Waals surface area contributed by atoms with E-state index < -0.39 is 0 Å². The van der Waals surface area contributed by atoms with E-state index in [2.05, 4.69) is 15.3 Å². The standard InChI is InChI=1S/C14H13Cl2N3O/c1-20-11-5-4-9(6-10(11)15)17-13-7-12(16)18-14(19-13)8-2-3-8/h4-8H,2-3H2,1H3,(H,17,18,19). The fraction of sp³-hybridized carbons (Fsp3) is 0.286. The van der Waals surface area contributed by atoms with E-state index in [9.17, 15) is 0 Å². The molecule has 6 heteroatoms. The molecule has 2 aromatic rings. The summed E-state index contributed by atoms with van der Waals surface area (Å²) in [6.07, 6.45) is 2.27. The van der Waals surface area contributed by atoms with Gasteiger partial charge in [-0.2, -0.15) is 0 Å². The molecule has 0 aliphatic heterocycles. The van der Waals surface area contributed by atoms with E-state index in [0.717, 1.165) is 24.4 Å². The summed E-state index contributed by atoms with van der Waals surface area (Å²) in [4.78, 5) is 8.73. The average molecular weight is 310 g/mol. The van der Waals surface area contributed by atoms with Crippen LogP contribution in [0.25, 0.3) is 0 Å². The third-order valence-corrected chi connectivity index (χ3v) is 3.57. The lowest BCUT2D eigenvalue weighted by atomic mass is 10.3. The predicted molar refractivity (Wildman–Crippen MR) is 80.3 cm³/mol. The molecule has 1 aromatic heterocycles. The molecule has 0 unspecified atom stereocenters. The molecule has 104 valence electrons. The van der Waals surface area contributed by atoms with Gasteiger partial charge in [0.25, 0.3) is 0 Å². The molecule has 20 heavy (non-hydrogen) atoms. The maximum Gasteiger partial charge on any atom is 0.137 e. The fourth-order valence-corrected chi connectivity index (χ4v) is 2.36. The number of anilines is 2. The Labute approximate surface area is 127 Å². The Balaban J connectivity index is 1.85. The summed E-state index contributed by atoms with van der Waals surface area (Å²) in [6, 6.07) is 7.16. The highest BCUT2D eigenvalue weighted by atomic mass is 35.5. The first kappa shape index (κ1) is 13.5. The number of hydrogen-bond donors (Lipinski definition) is 1. The van der Waals surface area contributed by atoms with Crippen LogP contribution >= 0.6 is 23.2 Å². The van der Waals surface area contributed by atoms with Crippen LogP contribution in [0.15, 0.2) is 24.3 Å². The molecule has 0 amide bonds. The minimum Gasteiger partial charge on any atom is -0.495 e. The topological polar surface area (TPSA) is 47.0 Å².